The molecule has 3 aromatic rings. The molecule has 0 spiro atoms. The topological polar surface area (TPSA) is 54.0 Å². The third-order valence-electron chi connectivity index (χ3n) is 3.54. The molecule has 0 saturated carbocycles. The van der Waals surface area contributed by atoms with Gasteiger partial charge in [-0.15, -0.1) is 0 Å². The lowest BCUT2D eigenvalue weighted by Crippen LogP contribution is -2.14. The number of carbonyl (C=O) groups excluding carboxylic acids is 1. The molecule has 1 amide bonds. The summed E-state index contributed by atoms with van der Waals surface area (Å²) in [4.78, 5) is 16.5. The standard InChI is InChI=1S/C19H15ClFN3O/c1-12-9-13(20)5-6-17(12)24-19(25)18-11-16(7-8-22-18)23-15-4-2-3-14(21)10-15/h2-11H,1H3,(H,22,23)(H,24,25). The highest BCUT2D eigenvalue weighted by atomic mass is 35.5. The summed E-state index contributed by atoms with van der Waals surface area (Å²) in [6, 6.07) is 14.6. The zero-order valence-corrected chi connectivity index (χ0v) is 14.1. The van der Waals surface area contributed by atoms with Crippen molar-refractivity contribution in [1.29, 1.82) is 0 Å². The highest BCUT2D eigenvalue weighted by Gasteiger charge is 2.10. The Morgan fingerprint density at radius 1 is 1.08 bits per heavy atom. The molecule has 0 aliphatic carbocycles. The molecule has 0 unspecified atom stereocenters. The lowest BCUT2D eigenvalue weighted by molar-refractivity contribution is 0.102. The number of carbonyl (C=O) groups is 1. The first-order valence-corrected chi connectivity index (χ1v) is 7.95. The molecule has 2 N–H and O–H groups in total. The lowest BCUT2D eigenvalue weighted by Gasteiger charge is -2.10. The van der Waals surface area contributed by atoms with Crippen molar-refractivity contribution in [3.63, 3.8) is 0 Å². The van der Waals surface area contributed by atoms with E-state index in [0.717, 1.165) is 5.56 Å². The fourth-order valence-corrected chi connectivity index (χ4v) is 2.55. The maximum absolute atomic E-state index is 13.3. The molecular weight excluding hydrogens is 341 g/mol. The van der Waals surface area contributed by atoms with Crippen LogP contribution in [0, 0.1) is 12.7 Å². The van der Waals surface area contributed by atoms with Gasteiger partial charge in [0.2, 0.25) is 0 Å². The van der Waals surface area contributed by atoms with Crippen molar-refractivity contribution in [3.05, 3.63) is 82.9 Å². The Morgan fingerprint density at radius 2 is 1.88 bits per heavy atom. The van der Waals surface area contributed by atoms with E-state index in [-0.39, 0.29) is 17.4 Å². The molecule has 0 fully saturated rings. The van der Waals surface area contributed by atoms with Crippen molar-refractivity contribution < 1.29 is 9.18 Å². The molecule has 0 aliphatic rings. The van der Waals surface area contributed by atoms with Crippen molar-refractivity contribution in [2.75, 3.05) is 10.6 Å². The normalized spacial score (nSPS) is 10.4. The van der Waals surface area contributed by atoms with Gasteiger partial charge in [0.15, 0.2) is 0 Å². The Balaban J connectivity index is 1.77. The fourth-order valence-electron chi connectivity index (χ4n) is 2.32. The quantitative estimate of drug-likeness (QED) is 0.678. The van der Waals surface area contributed by atoms with Gasteiger partial charge in [0, 0.05) is 28.3 Å². The fraction of sp³-hybridized carbons (Fsp3) is 0.0526. The van der Waals surface area contributed by atoms with Gasteiger partial charge >= 0.3 is 0 Å². The van der Waals surface area contributed by atoms with Crippen LogP contribution >= 0.6 is 11.6 Å². The summed E-state index contributed by atoms with van der Waals surface area (Å²) in [5, 5.41) is 6.46. The third-order valence-corrected chi connectivity index (χ3v) is 3.78. The average molecular weight is 356 g/mol. The van der Waals surface area contributed by atoms with E-state index in [1.54, 1.807) is 42.5 Å². The van der Waals surface area contributed by atoms with E-state index in [4.69, 9.17) is 11.6 Å². The van der Waals surface area contributed by atoms with Gasteiger partial charge in [-0.3, -0.25) is 9.78 Å². The Kier molecular flexibility index (Phi) is 4.95. The van der Waals surface area contributed by atoms with Gasteiger partial charge in [0.1, 0.15) is 11.5 Å². The van der Waals surface area contributed by atoms with Crippen molar-refractivity contribution in [3.8, 4) is 0 Å². The second kappa shape index (κ2) is 7.32. The van der Waals surface area contributed by atoms with E-state index in [1.807, 2.05) is 6.92 Å². The summed E-state index contributed by atoms with van der Waals surface area (Å²) in [5.74, 6) is -0.677. The number of benzene rings is 2. The number of nitrogens with zero attached hydrogens (tertiary/aromatic N) is 1. The van der Waals surface area contributed by atoms with Gasteiger partial charge in [-0.25, -0.2) is 4.39 Å². The molecule has 6 heteroatoms. The minimum Gasteiger partial charge on any atom is -0.355 e. The van der Waals surface area contributed by atoms with Crippen molar-refractivity contribution in [2.24, 2.45) is 0 Å². The summed E-state index contributed by atoms with van der Waals surface area (Å²) in [6.07, 6.45) is 1.52. The summed E-state index contributed by atoms with van der Waals surface area (Å²) in [5.41, 5.74) is 3.00. The van der Waals surface area contributed by atoms with Crippen LogP contribution in [-0.4, -0.2) is 10.9 Å². The first-order valence-electron chi connectivity index (χ1n) is 7.57. The summed E-state index contributed by atoms with van der Waals surface area (Å²) >= 11 is 5.92. The van der Waals surface area contributed by atoms with Crippen LogP contribution in [0.2, 0.25) is 5.02 Å². The van der Waals surface area contributed by atoms with Gasteiger partial charge in [-0.05, 0) is 61.0 Å². The number of aryl methyl sites for hydroxylation is 1. The molecule has 1 aromatic heterocycles. The molecule has 0 aliphatic heterocycles. The molecular formula is C19H15ClFN3O. The first kappa shape index (κ1) is 16.9. The molecule has 0 atom stereocenters. The number of hydrogen-bond donors (Lipinski definition) is 2. The zero-order valence-electron chi connectivity index (χ0n) is 13.4. The van der Waals surface area contributed by atoms with Crippen molar-refractivity contribution >= 4 is 34.6 Å². The van der Waals surface area contributed by atoms with Crippen molar-refractivity contribution in [1.82, 2.24) is 4.98 Å². The van der Waals surface area contributed by atoms with E-state index in [9.17, 15) is 9.18 Å². The number of anilines is 3. The zero-order chi connectivity index (χ0) is 17.8. The minimum atomic E-state index is -0.340. The predicted octanol–water partition coefficient (Wildman–Crippen LogP) is 5.18. The second-order valence-electron chi connectivity index (χ2n) is 5.48. The summed E-state index contributed by atoms with van der Waals surface area (Å²) in [7, 11) is 0. The van der Waals surface area contributed by atoms with Crippen LogP contribution in [0.3, 0.4) is 0 Å². The van der Waals surface area contributed by atoms with Gasteiger partial charge in [-0.2, -0.15) is 0 Å². The Hall–Kier alpha value is -2.92. The van der Waals surface area contributed by atoms with Crippen LogP contribution in [0.1, 0.15) is 16.1 Å². The highest BCUT2D eigenvalue weighted by molar-refractivity contribution is 6.30. The largest absolute Gasteiger partial charge is 0.355 e. The van der Waals surface area contributed by atoms with Gasteiger partial charge in [-0.1, -0.05) is 17.7 Å². The minimum absolute atomic E-state index is 0.246. The van der Waals surface area contributed by atoms with Crippen LogP contribution in [0.25, 0.3) is 0 Å². The molecule has 3 rings (SSSR count). The van der Waals surface area contributed by atoms with E-state index < -0.39 is 0 Å². The molecule has 126 valence electrons. The Bertz CT molecular complexity index is 930. The molecule has 25 heavy (non-hydrogen) atoms. The van der Waals surface area contributed by atoms with Crippen LogP contribution < -0.4 is 10.6 Å². The van der Waals surface area contributed by atoms with E-state index in [2.05, 4.69) is 15.6 Å². The molecule has 1 heterocycles. The Morgan fingerprint density at radius 3 is 2.64 bits per heavy atom. The molecule has 0 radical (unpaired) electrons. The van der Waals surface area contributed by atoms with Crippen LogP contribution in [-0.2, 0) is 0 Å². The molecule has 0 bridgehead atoms. The average Bonchev–Trinajstić information content (AvgIpc) is 2.57. The number of rotatable bonds is 4. The van der Waals surface area contributed by atoms with Gasteiger partial charge in [0.05, 0.1) is 0 Å². The smallest absolute Gasteiger partial charge is 0.274 e. The molecule has 2 aromatic carbocycles. The number of aromatic nitrogens is 1. The van der Waals surface area contributed by atoms with Crippen LogP contribution in [0.4, 0.5) is 21.5 Å². The first-order chi connectivity index (χ1) is 12.0. The maximum atomic E-state index is 13.3. The van der Waals surface area contributed by atoms with E-state index in [1.165, 1.54) is 18.3 Å². The van der Waals surface area contributed by atoms with Gasteiger partial charge in [0.25, 0.3) is 5.91 Å². The summed E-state index contributed by atoms with van der Waals surface area (Å²) < 4.78 is 13.3. The van der Waals surface area contributed by atoms with Crippen LogP contribution in [0.15, 0.2) is 60.8 Å². The molecule has 0 saturated heterocycles. The van der Waals surface area contributed by atoms with E-state index >= 15 is 0 Å². The SMILES string of the molecule is Cc1cc(Cl)ccc1NC(=O)c1cc(Nc2cccc(F)c2)ccn1. The predicted molar refractivity (Wildman–Crippen MR) is 98.1 cm³/mol. The third kappa shape index (κ3) is 4.33. The number of halogens is 2. The number of amides is 1. The summed E-state index contributed by atoms with van der Waals surface area (Å²) in [6.45, 7) is 1.86. The highest BCUT2D eigenvalue weighted by Crippen LogP contribution is 2.21. The second-order valence-corrected chi connectivity index (χ2v) is 5.91. The lowest BCUT2D eigenvalue weighted by atomic mass is 10.2. The monoisotopic (exact) mass is 355 g/mol. The van der Waals surface area contributed by atoms with Crippen LogP contribution in [0.5, 0.6) is 0 Å². The number of hydrogen-bond acceptors (Lipinski definition) is 3. The van der Waals surface area contributed by atoms with E-state index in [0.29, 0.717) is 22.1 Å². The van der Waals surface area contributed by atoms with Crippen molar-refractivity contribution in [2.45, 2.75) is 6.92 Å². The maximum Gasteiger partial charge on any atom is 0.274 e. The van der Waals surface area contributed by atoms with Gasteiger partial charge < -0.3 is 10.6 Å². The number of pyridine rings is 1. The Labute approximate surface area is 149 Å². The number of nitrogens with one attached hydrogen (secondary N) is 2. The molecule has 4 nitrogen and oxygen atoms in total.